The number of carbonyl (C=O) groups excluding carboxylic acids is 1. The van der Waals surface area contributed by atoms with Crippen LogP contribution in [0.25, 0.3) is 11.4 Å². The quantitative estimate of drug-likeness (QED) is 0.194. The molecule has 6 nitrogen and oxygen atoms in total. The van der Waals surface area contributed by atoms with Crippen molar-refractivity contribution < 1.29 is 27.8 Å². The van der Waals surface area contributed by atoms with Crippen molar-refractivity contribution in [2.45, 2.75) is 39.1 Å². The Morgan fingerprint density at radius 3 is 2.73 bits per heavy atom. The molecule has 0 aliphatic carbocycles. The molecule has 160 valence electrons. The van der Waals surface area contributed by atoms with E-state index in [4.69, 9.17) is 4.74 Å². The Balaban J connectivity index is 2.30. The minimum atomic E-state index is -4.30. The van der Waals surface area contributed by atoms with E-state index in [-0.39, 0.29) is 30.2 Å². The van der Waals surface area contributed by atoms with Crippen LogP contribution < -0.4 is 0 Å². The summed E-state index contributed by atoms with van der Waals surface area (Å²) in [6.07, 6.45) is 1.70. The number of nitrogens with zero attached hydrogens (tertiary/aromatic N) is 3. The molecule has 0 radical (unpaired) electrons. The van der Waals surface area contributed by atoms with Gasteiger partial charge in [0.15, 0.2) is 6.29 Å². The van der Waals surface area contributed by atoms with Crippen LogP contribution in [0.3, 0.4) is 0 Å². The maximum atomic E-state index is 12.6. The summed E-state index contributed by atoms with van der Waals surface area (Å²) in [5.41, 5.74) is 1.41. The molecular weight excluding hydrogens is 399 g/mol. The summed E-state index contributed by atoms with van der Waals surface area (Å²) in [4.78, 5) is 15.6. The number of pyridine rings is 1. The molecule has 0 fully saturated rings. The van der Waals surface area contributed by atoms with Crippen LogP contribution in [0.1, 0.15) is 25.3 Å². The Bertz CT molecular complexity index is 942. The summed E-state index contributed by atoms with van der Waals surface area (Å²) in [6, 6.07) is 4.95. The van der Waals surface area contributed by atoms with Crippen molar-refractivity contribution in [3.63, 3.8) is 0 Å². The Kier molecular flexibility index (Phi) is 7.97. The van der Waals surface area contributed by atoms with Crippen molar-refractivity contribution in [2.24, 2.45) is 0 Å². The lowest BCUT2D eigenvalue weighted by Gasteiger charge is -2.15. The van der Waals surface area contributed by atoms with E-state index < -0.39 is 12.6 Å². The number of allylic oxidation sites excluding steroid dienone is 4. The van der Waals surface area contributed by atoms with Crippen molar-refractivity contribution in [2.75, 3.05) is 0 Å². The van der Waals surface area contributed by atoms with Gasteiger partial charge in [-0.2, -0.15) is 18.3 Å². The van der Waals surface area contributed by atoms with Crippen molar-refractivity contribution in [3.8, 4) is 11.4 Å². The van der Waals surface area contributed by atoms with E-state index in [0.717, 1.165) is 0 Å². The molecule has 2 heterocycles. The average Bonchev–Trinajstić information content (AvgIpc) is 3.16. The minimum Gasteiger partial charge on any atom is -0.512 e. The van der Waals surface area contributed by atoms with Crippen LogP contribution in [-0.2, 0) is 22.7 Å². The van der Waals surface area contributed by atoms with E-state index in [2.05, 4.69) is 16.7 Å². The normalized spacial score (nSPS) is 13.0. The van der Waals surface area contributed by atoms with Crippen molar-refractivity contribution >= 4 is 6.29 Å². The zero-order valence-corrected chi connectivity index (χ0v) is 16.4. The maximum absolute atomic E-state index is 12.6. The number of aliphatic hydroxyl groups is 1. The number of hydrogen-bond acceptors (Lipinski definition) is 5. The summed E-state index contributed by atoms with van der Waals surface area (Å²) in [5.74, 6) is -0.0257. The second-order valence-electron chi connectivity index (χ2n) is 6.31. The number of aldehydes is 1. The molecule has 30 heavy (non-hydrogen) atoms. The summed E-state index contributed by atoms with van der Waals surface area (Å²) >= 11 is 0. The first-order valence-corrected chi connectivity index (χ1v) is 9.09. The number of alkyl halides is 3. The lowest BCUT2D eigenvalue weighted by atomic mass is 10.1. The lowest BCUT2D eigenvalue weighted by molar-refractivity contribution is -0.137. The van der Waals surface area contributed by atoms with Gasteiger partial charge in [-0.25, -0.2) is 0 Å². The van der Waals surface area contributed by atoms with Crippen molar-refractivity contribution in [1.29, 1.82) is 0 Å². The molecule has 1 N–H and O–H groups in total. The van der Waals surface area contributed by atoms with Crippen LogP contribution >= 0.6 is 0 Å². The Morgan fingerprint density at radius 1 is 1.33 bits per heavy atom. The summed E-state index contributed by atoms with van der Waals surface area (Å²) in [5, 5.41) is 13.7. The van der Waals surface area contributed by atoms with E-state index in [1.165, 1.54) is 24.0 Å². The SMILES string of the molecule is C=CC/C=C(OCc1cccnc1-c1ccnn1CCC(F)(F)F)\C(C=O)=C(/C)O. The first-order valence-electron chi connectivity index (χ1n) is 9.09. The van der Waals surface area contributed by atoms with Gasteiger partial charge in [-0.3, -0.25) is 14.5 Å². The molecule has 2 aromatic rings. The van der Waals surface area contributed by atoms with Gasteiger partial charge >= 0.3 is 6.18 Å². The second kappa shape index (κ2) is 10.4. The number of hydrogen-bond donors (Lipinski definition) is 1. The summed E-state index contributed by atoms with van der Waals surface area (Å²) < 4.78 is 44.8. The molecule has 0 saturated carbocycles. The molecule has 2 aromatic heterocycles. The predicted molar refractivity (Wildman–Crippen MR) is 105 cm³/mol. The molecule has 0 aromatic carbocycles. The number of carbonyl (C=O) groups is 1. The molecular formula is C21H22F3N3O3. The summed E-state index contributed by atoms with van der Waals surface area (Å²) in [6.45, 7) is 4.61. The minimum absolute atomic E-state index is 0.00231. The van der Waals surface area contributed by atoms with Crippen molar-refractivity contribution in [1.82, 2.24) is 14.8 Å². The standard InChI is InChI=1S/C21H22F3N3O3/c1-3-4-7-19(17(13-28)15(2)29)30-14-16-6-5-10-25-20(16)18-8-11-26-27(18)12-9-21(22,23)24/h3,5-8,10-11,13,29H,1,4,9,12,14H2,2H3/b17-15+,19-7+. The van der Waals surface area contributed by atoms with Crippen LogP contribution in [0.5, 0.6) is 0 Å². The third-order valence-electron chi connectivity index (χ3n) is 4.08. The Labute approximate surface area is 172 Å². The number of aromatic nitrogens is 3. The highest BCUT2D eigenvalue weighted by Gasteiger charge is 2.27. The van der Waals surface area contributed by atoms with E-state index in [1.807, 2.05) is 0 Å². The maximum Gasteiger partial charge on any atom is 0.390 e. The molecule has 2 rings (SSSR count). The molecule has 0 bridgehead atoms. The van der Waals surface area contributed by atoms with Gasteiger partial charge in [0.05, 0.1) is 29.9 Å². The first-order chi connectivity index (χ1) is 14.3. The molecule has 9 heteroatoms. The Morgan fingerprint density at radius 2 is 2.10 bits per heavy atom. The van der Waals surface area contributed by atoms with Gasteiger partial charge < -0.3 is 9.84 Å². The highest BCUT2D eigenvalue weighted by atomic mass is 19.4. The van der Waals surface area contributed by atoms with Gasteiger partial charge in [0.25, 0.3) is 0 Å². The van der Waals surface area contributed by atoms with Crippen LogP contribution in [0.2, 0.25) is 0 Å². The monoisotopic (exact) mass is 421 g/mol. The third kappa shape index (κ3) is 6.33. The number of aliphatic hydroxyl groups excluding tert-OH is 1. The molecule has 0 aliphatic heterocycles. The summed E-state index contributed by atoms with van der Waals surface area (Å²) in [7, 11) is 0. The van der Waals surface area contributed by atoms with Gasteiger partial charge in [-0.15, -0.1) is 6.58 Å². The van der Waals surface area contributed by atoms with E-state index in [0.29, 0.717) is 29.7 Å². The topological polar surface area (TPSA) is 77.2 Å². The van der Waals surface area contributed by atoms with Gasteiger partial charge in [0.1, 0.15) is 18.1 Å². The van der Waals surface area contributed by atoms with Crippen molar-refractivity contribution in [3.05, 3.63) is 72.0 Å². The van der Waals surface area contributed by atoms with Gasteiger partial charge in [0.2, 0.25) is 0 Å². The fourth-order valence-electron chi connectivity index (χ4n) is 2.64. The van der Waals surface area contributed by atoms with Gasteiger partial charge in [-0.1, -0.05) is 12.1 Å². The van der Waals surface area contributed by atoms with E-state index in [1.54, 1.807) is 30.4 Å². The van der Waals surface area contributed by atoms with E-state index >= 15 is 0 Å². The number of rotatable bonds is 10. The highest BCUT2D eigenvalue weighted by Crippen LogP contribution is 2.26. The van der Waals surface area contributed by atoms with Crippen LogP contribution in [0.15, 0.2) is 66.4 Å². The van der Waals surface area contributed by atoms with Crippen LogP contribution in [0.4, 0.5) is 13.2 Å². The third-order valence-corrected chi connectivity index (χ3v) is 4.08. The smallest absolute Gasteiger partial charge is 0.390 e. The molecule has 0 spiro atoms. The largest absolute Gasteiger partial charge is 0.512 e. The van der Waals surface area contributed by atoms with E-state index in [9.17, 15) is 23.1 Å². The molecule has 0 saturated heterocycles. The van der Waals surface area contributed by atoms with Crippen LogP contribution in [0, 0.1) is 0 Å². The zero-order chi connectivity index (χ0) is 22.1. The lowest BCUT2D eigenvalue weighted by Crippen LogP contribution is -2.14. The predicted octanol–water partition coefficient (Wildman–Crippen LogP) is 4.91. The zero-order valence-electron chi connectivity index (χ0n) is 16.4. The first kappa shape index (κ1) is 22.9. The molecule has 0 aliphatic rings. The van der Waals surface area contributed by atoms with Gasteiger partial charge in [-0.05, 0) is 31.6 Å². The average molecular weight is 421 g/mol. The highest BCUT2D eigenvalue weighted by molar-refractivity contribution is 5.79. The fraction of sp³-hybridized carbons (Fsp3) is 0.286. The molecule has 0 unspecified atom stereocenters. The van der Waals surface area contributed by atoms with Crippen LogP contribution in [-0.4, -0.2) is 32.3 Å². The Hall–Kier alpha value is -3.36. The van der Waals surface area contributed by atoms with Gasteiger partial charge in [0, 0.05) is 18.0 Å². The number of ether oxygens (including phenoxy) is 1. The number of halogens is 3. The molecule has 0 atom stereocenters. The second-order valence-corrected chi connectivity index (χ2v) is 6.31. The molecule has 0 amide bonds. The fourth-order valence-corrected chi connectivity index (χ4v) is 2.64. The number of aryl methyl sites for hydroxylation is 1.